The number of amides is 1. The fraction of sp³-hybridized carbons (Fsp3) is 0.350. The number of hydrogen-bond acceptors (Lipinski definition) is 3. The van der Waals surface area contributed by atoms with Gasteiger partial charge in [0, 0.05) is 13.7 Å². The van der Waals surface area contributed by atoms with Crippen LogP contribution in [-0.2, 0) is 17.6 Å². The summed E-state index contributed by atoms with van der Waals surface area (Å²) in [5.41, 5.74) is 4.81. The Kier molecular flexibility index (Phi) is 6.95. The van der Waals surface area contributed by atoms with Crippen molar-refractivity contribution in [2.24, 2.45) is 0 Å². The minimum Gasteiger partial charge on any atom is -0.453 e. The fourth-order valence-electron chi connectivity index (χ4n) is 3.31. The second kappa shape index (κ2) is 9.18. The number of hydrogen-bond donors (Lipinski definition) is 2. The Morgan fingerprint density at radius 2 is 1.96 bits per heavy atom. The van der Waals surface area contributed by atoms with Crippen molar-refractivity contribution in [1.29, 1.82) is 0 Å². The molecule has 0 aromatic heterocycles. The Hall–Kier alpha value is -2.40. The number of ether oxygens (including phenoxy) is 1. The minimum atomic E-state index is -0.418. The number of benzene rings is 2. The molecule has 1 atom stereocenters. The van der Waals surface area contributed by atoms with Crippen LogP contribution in [0.4, 0.5) is 9.18 Å². The van der Waals surface area contributed by atoms with Gasteiger partial charge in [-0.2, -0.15) is 0 Å². The summed E-state index contributed by atoms with van der Waals surface area (Å²) in [5.74, 6) is 0.0625. The molecule has 0 heterocycles. The van der Waals surface area contributed by atoms with E-state index in [1.54, 1.807) is 6.07 Å². The largest absolute Gasteiger partial charge is 0.453 e. The number of methoxy groups -OCH3 is 1. The molecule has 2 aromatic carbocycles. The molecular formula is C20H24FNO3. The number of fused-ring (bicyclic) bond motifs is 2. The van der Waals surface area contributed by atoms with Crippen molar-refractivity contribution in [1.82, 2.24) is 5.32 Å². The van der Waals surface area contributed by atoms with E-state index in [-0.39, 0.29) is 11.7 Å². The van der Waals surface area contributed by atoms with Crippen molar-refractivity contribution in [3.63, 3.8) is 0 Å². The van der Waals surface area contributed by atoms with Gasteiger partial charge in [-0.15, -0.1) is 0 Å². The SMILES string of the molecule is CO.COC(=O)NCC[C@H]1Cc2cc(F)ccc2Cc2ccccc21. The molecular weight excluding hydrogens is 321 g/mol. The molecule has 0 bridgehead atoms. The van der Waals surface area contributed by atoms with Crippen molar-refractivity contribution >= 4 is 6.09 Å². The monoisotopic (exact) mass is 345 g/mol. The molecule has 134 valence electrons. The van der Waals surface area contributed by atoms with Crippen molar-refractivity contribution < 1.29 is 19.0 Å². The van der Waals surface area contributed by atoms with E-state index in [2.05, 4.69) is 22.2 Å². The molecule has 2 N–H and O–H groups in total. The molecule has 1 aliphatic carbocycles. The van der Waals surface area contributed by atoms with E-state index in [4.69, 9.17) is 5.11 Å². The van der Waals surface area contributed by atoms with E-state index >= 15 is 0 Å². The third-order valence-corrected chi connectivity index (χ3v) is 4.46. The molecule has 25 heavy (non-hydrogen) atoms. The zero-order valence-corrected chi connectivity index (χ0v) is 14.6. The number of carbonyl (C=O) groups excluding carboxylic acids is 1. The number of nitrogens with one attached hydrogen (secondary N) is 1. The van der Waals surface area contributed by atoms with Gasteiger partial charge in [-0.25, -0.2) is 9.18 Å². The van der Waals surface area contributed by atoms with Crippen LogP contribution in [-0.4, -0.2) is 32.0 Å². The lowest BCUT2D eigenvalue weighted by Gasteiger charge is -2.18. The van der Waals surface area contributed by atoms with Crippen LogP contribution in [0.1, 0.15) is 34.6 Å². The van der Waals surface area contributed by atoms with Gasteiger partial charge in [0.15, 0.2) is 0 Å². The van der Waals surface area contributed by atoms with Gasteiger partial charge in [-0.1, -0.05) is 30.3 Å². The number of halogens is 1. The summed E-state index contributed by atoms with van der Waals surface area (Å²) in [6.45, 7) is 0.538. The van der Waals surface area contributed by atoms with Crippen LogP contribution in [0.15, 0.2) is 42.5 Å². The second-order valence-corrected chi connectivity index (χ2v) is 5.90. The Morgan fingerprint density at radius 1 is 1.20 bits per heavy atom. The normalized spacial score (nSPS) is 15.0. The van der Waals surface area contributed by atoms with E-state index in [1.807, 2.05) is 18.2 Å². The van der Waals surface area contributed by atoms with Crippen molar-refractivity contribution in [3.8, 4) is 0 Å². The quantitative estimate of drug-likeness (QED) is 0.896. The highest BCUT2D eigenvalue weighted by molar-refractivity contribution is 5.66. The third-order valence-electron chi connectivity index (χ3n) is 4.46. The van der Waals surface area contributed by atoms with Gasteiger partial charge in [-0.3, -0.25) is 0 Å². The van der Waals surface area contributed by atoms with Crippen LogP contribution in [0.25, 0.3) is 0 Å². The molecule has 0 fully saturated rings. The highest BCUT2D eigenvalue weighted by Gasteiger charge is 2.22. The minimum absolute atomic E-state index is 0.193. The summed E-state index contributed by atoms with van der Waals surface area (Å²) in [5, 5.41) is 9.73. The van der Waals surface area contributed by atoms with Gasteiger partial charge in [-0.05, 0) is 59.6 Å². The predicted octanol–water partition coefficient (Wildman–Crippen LogP) is 3.41. The molecule has 0 saturated carbocycles. The Morgan fingerprint density at radius 3 is 2.72 bits per heavy atom. The first kappa shape index (κ1) is 18.9. The number of aliphatic hydroxyl groups excluding tert-OH is 1. The summed E-state index contributed by atoms with van der Waals surface area (Å²) >= 11 is 0. The highest BCUT2D eigenvalue weighted by Crippen LogP contribution is 2.34. The van der Waals surface area contributed by atoms with Gasteiger partial charge in [0.2, 0.25) is 0 Å². The average Bonchev–Trinajstić information content (AvgIpc) is 2.79. The maximum Gasteiger partial charge on any atom is 0.406 e. The first-order chi connectivity index (χ1) is 12.2. The van der Waals surface area contributed by atoms with Crippen LogP contribution in [0, 0.1) is 5.82 Å². The summed E-state index contributed by atoms with van der Waals surface area (Å²) < 4.78 is 18.2. The van der Waals surface area contributed by atoms with Crippen molar-refractivity contribution in [3.05, 3.63) is 70.5 Å². The smallest absolute Gasteiger partial charge is 0.406 e. The lowest BCUT2D eigenvalue weighted by molar-refractivity contribution is 0.170. The van der Waals surface area contributed by atoms with E-state index < -0.39 is 6.09 Å². The second-order valence-electron chi connectivity index (χ2n) is 5.90. The van der Waals surface area contributed by atoms with E-state index in [9.17, 15) is 9.18 Å². The first-order valence-electron chi connectivity index (χ1n) is 8.29. The van der Waals surface area contributed by atoms with Gasteiger partial charge in [0.05, 0.1) is 7.11 Å². The van der Waals surface area contributed by atoms with Crippen LogP contribution < -0.4 is 5.32 Å². The van der Waals surface area contributed by atoms with Crippen molar-refractivity contribution in [2.45, 2.75) is 25.2 Å². The molecule has 0 saturated heterocycles. The number of aliphatic hydroxyl groups is 1. The molecule has 5 heteroatoms. The van der Waals surface area contributed by atoms with Gasteiger partial charge >= 0.3 is 6.09 Å². The zero-order chi connectivity index (χ0) is 18.2. The van der Waals surface area contributed by atoms with Crippen LogP contribution in [0.5, 0.6) is 0 Å². The number of rotatable bonds is 3. The molecule has 3 rings (SSSR count). The highest BCUT2D eigenvalue weighted by atomic mass is 19.1. The zero-order valence-electron chi connectivity index (χ0n) is 14.6. The molecule has 2 aromatic rings. The van der Waals surface area contributed by atoms with Gasteiger partial charge < -0.3 is 15.2 Å². The van der Waals surface area contributed by atoms with Crippen molar-refractivity contribution in [2.75, 3.05) is 20.8 Å². The lowest BCUT2D eigenvalue weighted by atomic mass is 9.89. The van der Waals surface area contributed by atoms with Crippen LogP contribution in [0.3, 0.4) is 0 Å². The molecule has 1 amide bonds. The molecule has 0 radical (unpaired) electrons. The van der Waals surface area contributed by atoms with E-state index in [1.165, 1.54) is 29.9 Å². The van der Waals surface area contributed by atoms with Gasteiger partial charge in [0.25, 0.3) is 0 Å². The Bertz CT molecular complexity index is 718. The standard InChI is InChI=1S/C19H20FNO2.CH4O/c1-23-19(22)21-9-8-15-11-16-12-17(20)7-6-13(16)10-14-4-2-3-5-18(14)15;1-2/h2-7,12,15H,8-11H2,1H3,(H,21,22);2H,1H3/t15-;/m0./s1. The maximum absolute atomic E-state index is 13.6. The molecule has 0 aliphatic heterocycles. The van der Waals surface area contributed by atoms with Gasteiger partial charge in [0.1, 0.15) is 5.82 Å². The summed E-state index contributed by atoms with van der Waals surface area (Å²) in [7, 11) is 2.36. The molecule has 0 spiro atoms. The first-order valence-corrected chi connectivity index (χ1v) is 8.29. The number of carbonyl (C=O) groups is 1. The topological polar surface area (TPSA) is 58.6 Å². The molecule has 1 aliphatic rings. The Labute approximate surface area is 147 Å². The third kappa shape index (κ3) is 4.79. The maximum atomic E-state index is 13.6. The van der Waals surface area contributed by atoms with Crippen LogP contribution >= 0.6 is 0 Å². The molecule has 0 unspecified atom stereocenters. The lowest BCUT2D eigenvalue weighted by Crippen LogP contribution is -2.25. The predicted molar refractivity (Wildman–Crippen MR) is 95.3 cm³/mol. The van der Waals surface area contributed by atoms with E-state index in [0.29, 0.717) is 6.54 Å². The summed E-state index contributed by atoms with van der Waals surface area (Å²) in [6, 6.07) is 13.4. The summed E-state index contributed by atoms with van der Waals surface area (Å²) in [6.07, 6.45) is 1.99. The molecule has 4 nitrogen and oxygen atoms in total. The fourth-order valence-corrected chi connectivity index (χ4v) is 3.31. The van der Waals surface area contributed by atoms with E-state index in [0.717, 1.165) is 31.9 Å². The summed E-state index contributed by atoms with van der Waals surface area (Å²) in [4.78, 5) is 11.2. The average molecular weight is 345 g/mol. The Balaban J connectivity index is 0.00000109. The van der Waals surface area contributed by atoms with Crippen LogP contribution in [0.2, 0.25) is 0 Å². The number of alkyl carbamates (subject to hydrolysis) is 1.